The first-order valence-corrected chi connectivity index (χ1v) is 5.89. The molecule has 0 bridgehead atoms. The van der Waals surface area contributed by atoms with Gasteiger partial charge in [-0.05, 0) is 25.6 Å². The number of H-pyrrole nitrogens is 1. The van der Waals surface area contributed by atoms with Crippen LogP contribution in [0.25, 0.3) is 0 Å². The molecule has 5 nitrogen and oxygen atoms in total. The van der Waals surface area contributed by atoms with Crippen LogP contribution in [0.5, 0.6) is 0 Å². The van der Waals surface area contributed by atoms with Crippen LogP contribution in [0.3, 0.4) is 0 Å². The third-order valence-electron chi connectivity index (χ3n) is 2.16. The number of carbonyl (C=O) groups excluding carboxylic acids is 1. The van der Waals surface area contributed by atoms with Gasteiger partial charge >= 0.3 is 5.97 Å². The molecular formula is C10H17N3O2S. The normalized spacial score (nSPS) is 10.4. The van der Waals surface area contributed by atoms with E-state index in [1.807, 2.05) is 4.57 Å². The SMILES string of the molecule is CCCc1n[nH]c(=S)n1CCC(=O)OCC. The molecule has 1 rings (SSSR count). The van der Waals surface area contributed by atoms with Crippen molar-refractivity contribution >= 4 is 18.2 Å². The van der Waals surface area contributed by atoms with Crippen molar-refractivity contribution in [3.05, 3.63) is 10.6 Å². The van der Waals surface area contributed by atoms with Crippen LogP contribution in [0.1, 0.15) is 32.5 Å². The number of ether oxygens (including phenoxy) is 1. The van der Waals surface area contributed by atoms with E-state index in [9.17, 15) is 4.79 Å². The molecule has 0 amide bonds. The molecule has 0 aromatic carbocycles. The monoisotopic (exact) mass is 243 g/mol. The van der Waals surface area contributed by atoms with Gasteiger partial charge in [-0.1, -0.05) is 6.92 Å². The molecule has 0 saturated carbocycles. The average Bonchev–Trinajstić information content (AvgIpc) is 2.58. The molecule has 0 aliphatic rings. The second-order valence-electron chi connectivity index (χ2n) is 3.40. The first kappa shape index (κ1) is 12.9. The lowest BCUT2D eigenvalue weighted by Gasteiger charge is -2.05. The lowest BCUT2D eigenvalue weighted by Crippen LogP contribution is -2.11. The molecule has 0 saturated heterocycles. The quantitative estimate of drug-likeness (QED) is 0.612. The number of aryl methyl sites for hydroxylation is 1. The van der Waals surface area contributed by atoms with Crippen molar-refractivity contribution in [3.8, 4) is 0 Å². The molecule has 0 fully saturated rings. The molecule has 0 radical (unpaired) electrons. The van der Waals surface area contributed by atoms with Crippen molar-refractivity contribution in [2.45, 2.75) is 39.7 Å². The fourth-order valence-corrected chi connectivity index (χ4v) is 1.67. The molecule has 16 heavy (non-hydrogen) atoms. The summed E-state index contributed by atoms with van der Waals surface area (Å²) in [6, 6.07) is 0. The zero-order valence-corrected chi connectivity index (χ0v) is 10.5. The van der Waals surface area contributed by atoms with Crippen molar-refractivity contribution in [2.75, 3.05) is 6.61 Å². The van der Waals surface area contributed by atoms with Crippen LogP contribution < -0.4 is 0 Å². The summed E-state index contributed by atoms with van der Waals surface area (Å²) in [6.45, 7) is 4.82. The Balaban J connectivity index is 2.61. The Morgan fingerprint density at radius 3 is 2.94 bits per heavy atom. The third kappa shape index (κ3) is 3.44. The maximum atomic E-state index is 11.2. The van der Waals surface area contributed by atoms with E-state index in [1.165, 1.54) is 0 Å². The number of carbonyl (C=O) groups is 1. The Hall–Kier alpha value is -1.17. The molecule has 0 unspecified atom stereocenters. The Bertz CT molecular complexity index is 397. The number of nitrogens with zero attached hydrogens (tertiary/aromatic N) is 2. The van der Waals surface area contributed by atoms with E-state index in [0.29, 0.717) is 24.3 Å². The van der Waals surface area contributed by atoms with Crippen molar-refractivity contribution in [1.29, 1.82) is 0 Å². The Morgan fingerprint density at radius 1 is 1.56 bits per heavy atom. The summed E-state index contributed by atoms with van der Waals surface area (Å²) in [5.74, 6) is 0.699. The number of esters is 1. The van der Waals surface area contributed by atoms with Crippen molar-refractivity contribution < 1.29 is 9.53 Å². The van der Waals surface area contributed by atoms with Gasteiger partial charge in [0.1, 0.15) is 5.82 Å². The largest absolute Gasteiger partial charge is 0.466 e. The highest BCUT2D eigenvalue weighted by Crippen LogP contribution is 2.03. The highest BCUT2D eigenvalue weighted by molar-refractivity contribution is 7.71. The summed E-state index contributed by atoms with van der Waals surface area (Å²) in [6.07, 6.45) is 2.19. The number of aromatic amines is 1. The van der Waals surface area contributed by atoms with Gasteiger partial charge in [0.25, 0.3) is 0 Å². The third-order valence-corrected chi connectivity index (χ3v) is 2.47. The summed E-state index contributed by atoms with van der Waals surface area (Å²) < 4.78 is 7.28. The number of nitrogens with one attached hydrogen (secondary N) is 1. The molecule has 0 spiro atoms. The fraction of sp³-hybridized carbons (Fsp3) is 0.700. The topological polar surface area (TPSA) is 59.9 Å². The molecular weight excluding hydrogens is 226 g/mol. The zero-order valence-electron chi connectivity index (χ0n) is 9.65. The molecule has 0 aliphatic carbocycles. The van der Waals surface area contributed by atoms with Gasteiger partial charge in [-0.15, -0.1) is 0 Å². The summed E-state index contributed by atoms with van der Waals surface area (Å²) in [7, 11) is 0. The highest BCUT2D eigenvalue weighted by atomic mass is 32.1. The van der Waals surface area contributed by atoms with Crippen molar-refractivity contribution in [2.24, 2.45) is 0 Å². The van der Waals surface area contributed by atoms with E-state index in [2.05, 4.69) is 17.1 Å². The average molecular weight is 243 g/mol. The molecule has 1 heterocycles. The van der Waals surface area contributed by atoms with Crippen LogP contribution in [0.15, 0.2) is 0 Å². The summed E-state index contributed by atoms with van der Waals surface area (Å²) in [5, 5.41) is 6.86. The molecule has 0 atom stereocenters. The van der Waals surface area contributed by atoms with Crippen LogP contribution in [-0.2, 0) is 22.5 Å². The van der Waals surface area contributed by atoms with Crippen molar-refractivity contribution in [3.63, 3.8) is 0 Å². The smallest absolute Gasteiger partial charge is 0.307 e. The number of hydrogen-bond donors (Lipinski definition) is 1. The van der Waals surface area contributed by atoms with Gasteiger partial charge in [0, 0.05) is 13.0 Å². The second kappa shape index (κ2) is 6.42. The lowest BCUT2D eigenvalue weighted by molar-refractivity contribution is -0.143. The molecule has 1 N–H and O–H groups in total. The Labute approximate surface area is 99.8 Å². The first-order valence-electron chi connectivity index (χ1n) is 5.48. The Morgan fingerprint density at radius 2 is 2.31 bits per heavy atom. The van der Waals surface area contributed by atoms with Crippen LogP contribution in [0.4, 0.5) is 0 Å². The number of aromatic nitrogens is 3. The van der Waals surface area contributed by atoms with E-state index in [0.717, 1.165) is 18.7 Å². The van der Waals surface area contributed by atoms with Crippen LogP contribution in [-0.4, -0.2) is 27.3 Å². The van der Waals surface area contributed by atoms with Gasteiger partial charge in [0.15, 0.2) is 4.77 Å². The molecule has 1 aromatic rings. The number of rotatable bonds is 6. The van der Waals surface area contributed by atoms with Crippen LogP contribution in [0, 0.1) is 4.77 Å². The van der Waals surface area contributed by atoms with E-state index < -0.39 is 0 Å². The van der Waals surface area contributed by atoms with E-state index >= 15 is 0 Å². The minimum Gasteiger partial charge on any atom is -0.466 e. The maximum Gasteiger partial charge on any atom is 0.307 e. The molecule has 1 aromatic heterocycles. The summed E-state index contributed by atoms with van der Waals surface area (Å²) >= 11 is 5.10. The molecule has 90 valence electrons. The number of hydrogen-bond acceptors (Lipinski definition) is 4. The Kier molecular flexibility index (Phi) is 5.18. The van der Waals surface area contributed by atoms with Gasteiger partial charge in [-0.3, -0.25) is 9.89 Å². The summed E-state index contributed by atoms with van der Waals surface area (Å²) in [4.78, 5) is 11.2. The van der Waals surface area contributed by atoms with Gasteiger partial charge < -0.3 is 9.30 Å². The van der Waals surface area contributed by atoms with E-state index in [1.54, 1.807) is 6.92 Å². The van der Waals surface area contributed by atoms with Gasteiger partial charge in [-0.2, -0.15) is 5.10 Å². The highest BCUT2D eigenvalue weighted by Gasteiger charge is 2.08. The van der Waals surface area contributed by atoms with Gasteiger partial charge in [0.2, 0.25) is 0 Å². The standard InChI is InChI=1S/C10H17N3O2S/c1-3-5-8-11-12-10(16)13(8)7-6-9(14)15-4-2/h3-7H2,1-2H3,(H,12,16). The lowest BCUT2D eigenvalue weighted by atomic mass is 10.3. The summed E-state index contributed by atoms with van der Waals surface area (Å²) in [5.41, 5.74) is 0. The van der Waals surface area contributed by atoms with Gasteiger partial charge in [0.05, 0.1) is 13.0 Å². The predicted octanol–water partition coefficient (Wildman–Crippen LogP) is 1.85. The van der Waals surface area contributed by atoms with Crippen LogP contribution in [0.2, 0.25) is 0 Å². The van der Waals surface area contributed by atoms with Crippen molar-refractivity contribution in [1.82, 2.24) is 14.8 Å². The van der Waals surface area contributed by atoms with Gasteiger partial charge in [-0.25, -0.2) is 0 Å². The van der Waals surface area contributed by atoms with E-state index in [4.69, 9.17) is 17.0 Å². The second-order valence-corrected chi connectivity index (χ2v) is 3.79. The minimum absolute atomic E-state index is 0.201. The van der Waals surface area contributed by atoms with Crippen LogP contribution >= 0.6 is 12.2 Å². The predicted molar refractivity (Wildman–Crippen MR) is 62.7 cm³/mol. The minimum atomic E-state index is -0.201. The van der Waals surface area contributed by atoms with E-state index in [-0.39, 0.29) is 5.97 Å². The molecule has 6 heteroatoms. The maximum absolute atomic E-state index is 11.2. The zero-order chi connectivity index (χ0) is 12.0. The first-order chi connectivity index (χ1) is 7.69. The fourth-order valence-electron chi connectivity index (χ4n) is 1.43. The molecule has 0 aliphatic heterocycles.